The molecule has 0 bridgehead atoms. The smallest absolute Gasteiger partial charge is 0.241 e. The lowest BCUT2D eigenvalue weighted by Gasteiger charge is -2.34. The maximum atomic E-state index is 13.0. The average Bonchev–Trinajstić information content (AvgIpc) is 2.73. The number of nitrogens with one attached hydrogen (secondary N) is 1. The van der Waals surface area contributed by atoms with Crippen LogP contribution in [0.1, 0.15) is 30.9 Å². The van der Waals surface area contributed by atoms with E-state index >= 15 is 0 Å². The Kier molecular flexibility index (Phi) is 7.85. The molecule has 3 rings (SSSR count). The number of carbonyl (C=O) groups excluding carboxylic acids is 2. The van der Waals surface area contributed by atoms with Gasteiger partial charge in [-0.25, -0.2) is 8.42 Å². The molecule has 0 aliphatic carbocycles. The zero-order chi connectivity index (χ0) is 21.6. The molecule has 2 fully saturated rings. The zero-order valence-corrected chi connectivity index (χ0v) is 18.1. The van der Waals surface area contributed by atoms with Gasteiger partial charge in [0, 0.05) is 26.2 Å². The summed E-state index contributed by atoms with van der Waals surface area (Å²) in [6.07, 6.45) is 2.61. The Morgan fingerprint density at radius 3 is 2.50 bits per heavy atom. The lowest BCUT2D eigenvalue weighted by Crippen LogP contribution is -2.48. The fourth-order valence-corrected chi connectivity index (χ4v) is 5.48. The molecule has 0 spiro atoms. The van der Waals surface area contributed by atoms with E-state index in [1.807, 2.05) is 35.2 Å². The van der Waals surface area contributed by atoms with Gasteiger partial charge in [0.25, 0.3) is 0 Å². The van der Waals surface area contributed by atoms with Crippen LogP contribution in [0, 0.1) is 5.92 Å². The van der Waals surface area contributed by atoms with E-state index in [9.17, 15) is 18.0 Å². The van der Waals surface area contributed by atoms with Gasteiger partial charge < -0.3 is 16.0 Å². The molecule has 1 aromatic carbocycles. The molecule has 9 heteroatoms. The molecule has 2 saturated heterocycles. The minimum atomic E-state index is -3.01. The Hall–Kier alpha value is -1.97. The first kappa shape index (κ1) is 22.7. The van der Waals surface area contributed by atoms with Crippen molar-refractivity contribution < 1.29 is 18.0 Å². The van der Waals surface area contributed by atoms with E-state index < -0.39 is 15.9 Å². The first-order valence-corrected chi connectivity index (χ1v) is 12.5. The van der Waals surface area contributed by atoms with Crippen LogP contribution in [-0.2, 0) is 19.4 Å². The highest BCUT2D eigenvalue weighted by Gasteiger charge is 2.32. The Labute approximate surface area is 178 Å². The molecule has 166 valence electrons. The van der Waals surface area contributed by atoms with Crippen LogP contribution in [0.25, 0.3) is 0 Å². The van der Waals surface area contributed by atoms with Crippen molar-refractivity contribution in [1.29, 1.82) is 0 Å². The van der Waals surface area contributed by atoms with Crippen LogP contribution in [0.3, 0.4) is 0 Å². The van der Waals surface area contributed by atoms with Gasteiger partial charge in [-0.05, 0) is 37.9 Å². The molecule has 0 radical (unpaired) electrons. The third kappa shape index (κ3) is 6.26. The van der Waals surface area contributed by atoms with Gasteiger partial charge in [0.15, 0.2) is 9.84 Å². The maximum absolute atomic E-state index is 13.0. The van der Waals surface area contributed by atoms with Crippen molar-refractivity contribution in [3.63, 3.8) is 0 Å². The van der Waals surface area contributed by atoms with E-state index in [0.29, 0.717) is 26.2 Å². The standard InChI is InChI=1S/C21H32N4O4S/c22-20(26)18-8-4-10-24(16-18)11-5-9-23-21(27)19(17-6-2-1-3-7-17)25-12-14-30(28,29)15-13-25/h1-3,6-7,18-19H,4-5,8-16H2,(H2,22,26)(H,23,27). The highest BCUT2D eigenvalue weighted by atomic mass is 32.2. The Morgan fingerprint density at radius 2 is 1.83 bits per heavy atom. The van der Waals surface area contributed by atoms with Crippen LogP contribution in [-0.4, -0.2) is 80.8 Å². The first-order valence-electron chi connectivity index (χ1n) is 10.6. The largest absolute Gasteiger partial charge is 0.369 e. The molecular weight excluding hydrogens is 404 g/mol. The summed E-state index contributed by atoms with van der Waals surface area (Å²) in [4.78, 5) is 28.6. The molecule has 2 amide bonds. The van der Waals surface area contributed by atoms with E-state index in [2.05, 4.69) is 10.2 Å². The van der Waals surface area contributed by atoms with Crippen molar-refractivity contribution in [2.75, 3.05) is 50.8 Å². The van der Waals surface area contributed by atoms with Crippen LogP contribution in [0.15, 0.2) is 30.3 Å². The number of carbonyl (C=O) groups is 2. The van der Waals surface area contributed by atoms with Crippen LogP contribution in [0.2, 0.25) is 0 Å². The molecule has 3 N–H and O–H groups in total. The van der Waals surface area contributed by atoms with Crippen molar-refractivity contribution in [3.8, 4) is 0 Å². The van der Waals surface area contributed by atoms with Crippen LogP contribution < -0.4 is 11.1 Å². The molecule has 30 heavy (non-hydrogen) atoms. The molecule has 2 heterocycles. The number of hydrogen-bond acceptors (Lipinski definition) is 6. The molecule has 2 unspecified atom stereocenters. The summed E-state index contributed by atoms with van der Waals surface area (Å²) < 4.78 is 23.6. The molecular formula is C21H32N4O4S. The van der Waals surface area contributed by atoms with Crippen LogP contribution in [0.5, 0.6) is 0 Å². The van der Waals surface area contributed by atoms with E-state index in [0.717, 1.165) is 37.9 Å². The molecule has 8 nitrogen and oxygen atoms in total. The predicted molar refractivity (Wildman–Crippen MR) is 115 cm³/mol. The topological polar surface area (TPSA) is 113 Å². The molecule has 0 aromatic heterocycles. The van der Waals surface area contributed by atoms with Crippen molar-refractivity contribution in [2.45, 2.75) is 25.3 Å². The fraction of sp³-hybridized carbons (Fsp3) is 0.619. The lowest BCUT2D eigenvalue weighted by atomic mass is 9.97. The molecule has 1 aromatic rings. The number of nitrogens with two attached hydrogens (primary N) is 1. The number of benzene rings is 1. The van der Waals surface area contributed by atoms with Gasteiger partial charge in [-0.3, -0.25) is 14.5 Å². The monoisotopic (exact) mass is 436 g/mol. The molecule has 0 saturated carbocycles. The van der Waals surface area contributed by atoms with E-state index in [-0.39, 0.29) is 29.2 Å². The predicted octanol–water partition coefficient (Wildman–Crippen LogP) is 0.162. The summed E-state index contributed by atoms with van der Waals surface area (Å²) in [7, 11) is -3.01. The number of piperidine rings is 1. The van der Waals surface area contributed by atoms with Crippen molar-refractivity contribution in [2.24, 2.45) is 11.7 Å². The zero-order valence-electron chi connectivity index (χ0n) is 17.3. The summed E-state index contributed by atoms with van der Waals surface area (Å²) in [5, 5.41) is 3.02. The van der Waals surface area contributed by atoms with Crippen molar-refractivity contribution >= 4 is 21.7 Å². The van der Waals surface area contributed by atoms with Gasteiger partial charge in [0.1, 0.15) is 6.04 Å². The summed E-state index contributed by atoms with van der Waals surface area (Å²) >= 11 is 0. The second-order valence-electron chi connectivity index (χ2n) is 8.19. The summed E-state index contributed by atoms with van der Waals surface area (Å²) in [6, 6.07) is 9.01. The van der Waals surface area contributed by atoms with E-state index in [4.69, 9.17) is 5.73 Å². The molecule has 2 aliphatic heterocycles. The van der Waals surface area contributed by atoms with E-state index in [1.165, 1.54) is 0 Å². The quantitative estimate of drug-likeness (QED) is 0.562. The first-order chi connectivity index (χ1) is 14.4. The van der Waals surface area contributed by atoms with Crippen molar-refractivity contribution in [3.05, 3.63) is 35.9 Å². The molecule has 2 atom stereocenters. The summed E-state index contributed by atoms with van der Waals surface area (Å²) in [5.74, 6) is -0.248. The van der Waals surface area contributed by atoms with Crippen LogP contribution >= 0.6 is 0 Å². The summed E-state index contributed by atoms with van der Waals surface area (Å²) in [6.45, 7) is 3.70. The third-order valence-electron chi connectivity index (χ3n) is 5.97. The van der Waals surface area contributed by atoms with Crippen LogP contribution in [0.4, 0.5) is 0 Å². The number of nitrogens with zero attached hydrogens (tertiary/aromatic N) is 2. The fourth-order valence-electron chi connectivity index (χ4n) is 4.25. The van der Waals surface area contributed by atoms with Gasteiger partial charge in [-0.2, -0.15) is 0 Å². The molecule has 2 aliphatic rings. The van der Waals surface area contributed by atoms with E-state index in [1.54, 1.807) is 0 Å². The second kappa shape index (κ2) is 10.4. The van der Waals surface area contributed by atoms with Gasteiger partial charge in [0.05, 0.1) is 17.4 Å². The average molecular weight is 437 g/mol. The number of rotatable bonds is 8. The lowest BCUT2D eigenvalue weighted by molar-refractivity contribution is -0.126. The number of sulfone groups is 1. The Morgan fingerprint density at radius 1 is 1.13 bits per heavy atom. The number of hydrogen-bond donors (Lipinski definition) is 2. The van der Waals surface area contributed by atoms with Gasteiger partial charge in [-0.15, -0.1) is 0 Å². The summed E-state index contributed by atoms with van der Waals surface area (Å²) in [5.41, 5.74) is 6.31. The normalized spacial score (nSPS) is 23.5. The minimum Gasteiger partial charge on any atom is -0.369 e. The number of primary amides is 1. The van der Waals surface area contributed by atoms with Gasteiger partial charge in [-0.1, -0.05) is 30.3 Å². The highest BCUT2D eigenvalue weighted by molar-refractivity contribution is 7.91. The highest BCUT2D eigenvalue weighted by Crippen LogP contribution is 2.23. The second-order valence-corrected chi connectivity index (χ2v) is 10.5. The minimum absolute atomic E-state index is 0.0776. The Bertz CT molecular complexity index is 817. The van der Waals surface area contributed by atoms with Crippen molar-refractivity contribution in [1.82, 2.24) is 15.1 Å². The van der Waals surface area contributed by atoms with Gasteiger partial charge in [0.2, 0.25) is 11.8 Å². The van der Waals surface area contributed by atoms with Gasteiger partial charge >= 0.3 is 0 Å². The Balaban J connectivity index is 1.53. The number of likely N-dealkylation sites (tertiary alicyclic amines) is 1. The number of amides is 2. The maximum Gasteiger partial charge on any atom is 0.241 e. The SMILES string of the molecule is NC(=O)C1CCCN(CCCNC(=O)C(c2ccccc2)N2CCS(=O)(=O)CC2)C1. The third-order valence-corrected chi connectivity index (χ3v) is 7.58.